The molecule has 0 radical (unpaired) electrons. The van der Waals surface area contributed by atoms with Crippen LogP contribution in [0.3, 0.4) is 0 Å². The van der Waals surface area contributed by atoms with E-state index in [1.807, 2.05) is 34.6 Å². The largest absolute Gasteiger partial charge is 0.444 e. The van der Waals surface area contributed by atoms with Gasteiger partial charge < -0.3 is 15.4 Å². The van der Waals surface area contributed by atoms with Crippen LogP contribution in [-0.2, 0) is 4.74 Å². The van der Waals surface area contributed by atoms with E-state index in [0.717, 1.165) is 5.56 Å². The molecular weight excluding hydrogens is 307 g/mol. The first-order chi connectivity index (χ1) is 10.1. The zero-order chi connectivity index (χ0) is 16.9. The highest BCUT2D eigenvalue weighted by molar-refractivity contribution is 6.31. The van der Waals surface area contributed by atoms with Crippen LogP contribution in [0.2, 0.25) is 5.02 Å². The first-order valence-corrected chi connectivity index (χ1v) is 7.64. The van der Waals surface area contributed by atoms with Crippen LogP contribution in [0.25, 0.3) is 0 Å². The Labute approximate surface area is 136 Å². The molecular formula is C16H24ClFN2O2. The number of amides is 1. The highest BCUT2D eigenvalue weighted by Crippen LogP contribution is 2.23. The molecule has 0 spiro atoms. The Hall–Kier alpha value is -1.33. The first-order valence-electron chi connectivity index (χ1n) is 7.26. The van der Waals surface area contributed by atoms with Crippen molar-refractivity contribution < 1.29 is 13.9 Å². The molecule has 4 nitrogen and oxygen atoms in total. The van der Waals surface area contributed by atoms with Crippen molar-refractivity contribution in [1.82, 2.24) is 10.6 Å². The highest BCUT2D eigenvalue weighted by atomic mass is 35.5. The molecule has 6 heteroatoms. The molecule has 2 unspecified atom stereocenters. The van der Waals surface area contributed by atoms with Gasteiger partial charge in [0.25, 0.3) is 0 Å². The van der Waals surface area contributed by atoms with Gasteiger partial charge in [-0.25, -0.2) is 9.18 Å². The second-order valence-electron chi connectivity index (χ2n) is 6.34. The van der Waals surface area contributed by atoms with Gasteiger partial charge >= 0.3 is 6.09 Å². The lowest BCUT2D eigenvalue weighted by Gasteiger charge is -2.23. The van der Waals surface area contributed by atoms with Gasteiger partial charge in [-0.05, 0) is 52.3 Å². The smallest absolute Gasteiger partial charge is 0.407 e. The van der Waals surface area contributed by atoms with Crippen LogP contribution in [-0.4, -0.2) is 24.3 Å². The monoisotopic (exact) mass is 330 g/mol. The van der Waals surface area contributed by atoms with E-state index in [4.69, 9.17) is 16.3 Å². The maximum Gasteiger partial charge on any atom is 0.407 e. The van der Waals surface area contributed by atoms with Crippen LogP contribution in [0.1, 0.15) is 46.2 Å². The molecule has 1 amide bonds. The molecule has 0 aliphatic heterocycles. The third-order valence-corrected chi connectivity index (χ3v) is 3.24. The SMILES string of the molecule is CC(CNC(=O)OC(C)(C)C)NC(C)c1ccc(F)cc1Cl. The van der Waals surface area contributed by atoms with Crippen LogP contribution >= 0.6 is 11.6 Å². The summed E-state index contributed by atoms with van der Waals surface area (Å²) < 4.78 is 18.2. The summed E-state index contributed by atoms with van der Waals surface area (Å²) in [5.41, 5.74) is 0.294. The average Bonchev–Trinajstić information content (AvgIpc) is 2.34. The van der Waals surface area contributed by atoms with Crippen LogP contribution in [0, 0.1) is 5.82 Å². The lowest BCUT2D eigenvalue weighted by Crippen LogP contribution is -2.42. The number of carbonyl (C=O) groups excluding carboxylic acids is 1. The van der Waals surface area contributed by atoms with Gasteiger partial charge in [0, 0.05) is 23.7 Å². The number of carbonyl (C=O) groups is 1. The fourth-order valence-corrected chi connectivity index (χ4v) is 2.31. The Morgan fingerprint density at radius 2 is 2.00 bits per heavy atom. The van der Waals surface area contributed by atoms with Gasteiger partial charge in [0.05, 0.1) is 0 Å². The summed E-state index contributed by atoms with van der Waals surface area (Å²) in [5.74, 6) is -0.361. The number of nitrogens with one attached hydrogen (secondary N) is 2. The van der Waals surface area contributed by atoms with Crippen molar-refractivity contribution in [3.8, 4) is 0 Å². The van der Waals surface area contributed by atoms with Crippen molar-refractivity contribution in [2.24, 2.45) is 0 Å². The van der Waals surface area contributed by atoms with Crippen molar-refractivity contribution in [2.75, 3.05) is 6.54 Å². The van der Waals surface area contributed by atoms with E-state index in [1.54, 1.807) is 6.07 Å². The molecule has 0 saturated heterocycles. The molecule has 2 atom stereocenters. The predicted molar refractivity (Wildman–Crippen MR) is 86.7 cm³/mol. The van der Waals surface area contributed by atoms with Crippen molar-refractivity contribution in [3.05, 3.63) is 34.6 Å². The van der Waals surface area contributed by atoms with E-state index in [1.165, 1.54) is 12.1 Å². The second kappa shape index (κ2) is 7.79. The van der Waals surface area contributed by atoms with Crippen LogP contribution in [0.5, 0.6) is 0 Å². The number of rotatable bonds is 5. The number of benzene rings is 1. The Morgan fingerprint density at radius 3 is 2.55 bits per heavy atom. The molecule has 22 heavy (non-hydrogen) atoms. The topological polar surface area (TPSA) is 50.4 Å². The van der Waals surface area contributed by atoms with Crippen LogP contribution in [0.15, 0.2) is 18.2 Å². The van der Waals surface area contributed by atoms with Gasteiger partial charge in [-0.1, -0.05) is 17.7 Å². The maximum absolute atomic E-state index is 13.1. The molecule has 0 aliphatic rings. The van der Waals surface area contributed by atoms with Crippen molar-refractivity contribution in [2.45, 2.75) is 52.3 Å². The maximum atomic E-state index is 13.1. The number of hydrogen-bond donors (Lipinski definition) is 2. The van der Waals surface area contributed by atoms with Gasteiger partial charge in [0.1, 0.15) is 11.4 Å². The molecule has 1 rings (SSSR count). The number of hydrogen-bond acceptors (Lipinski definition) is 3. The van der Waals surface area contributed by atoms with Gasteiger partial charge in [-0.3, -0.25) is 0 Å². The third kappa shape index (κ3) is 6.62. The number of halogens is 2. The van der Waals surface area contributed by atoms with E-state index < -0.39 is 11.7 Å². The summed E-state index contributed by atoms with van der Waals surface area (Å²) in [5, 5.41) is 6.38. The normalized spacial score (nSPS) is 14.3. The summed E-state index contributed by atoms with van der Waals surface area (Å²) >= 11 is 6.04. The zero-order valence-electron chi connectivity index (χ0n) is 13.7. The zero-order valence-corrected chi connectivity index (χ0v) is 14.4. The lowest BCUT2D eigenvalue weighted by atomic mass is 10.1. The summed E-state index contributed by atoms with van der Waals surface area (Å²) in [6, 6.07) is 4.26. The van der Waals surface area contributed by atoms with Gasteiger partial charge in [-0.2, -0.15) is 0 Å². The molecule has 0 bridgehead atoms. The van der Waals surface area contributed by atoms with Crippen molar-refractivity contribution >= 4 is 17.7 Å². The standard InChI is InChI=1S/C16H24ClFN2O2/c1-10(9-19-15(21)22-16(3,4)5)20-11(2)13-7-6-12(18)8-14(13)17/h6-8,10-11,20H,9H2,1-5H3,(H,19,21). The second-order valence-corrected chi connectivity index (χ2v) is 6.75. The van der Waals surface area contributed by atoms with Gasteiger partial charge in [0.15, 0.2) is 0 Å². The average molecular weight is 331 g/mol. The summed E-state index contributed by atoms with van der Waals surface area (Å²) in [4.78, 5) is 11.6. The lowest BCUT2D eigenvalue weighted by molar-refractivity contribution is 0.0522. The quantitative estimate of drug-likeness (QED) is 0.856. The Bertz CT molecular complexity index is 517. The van der Waals surface area contributed by atoms with Crippen molar-refractivity contribution in [3.63, 3.8) is 0 Å². The van der Waals surface area contributed by atoms with Gasteiger partial charge in [0.2, 0.25) is 0 Å². The molecule has 0 fully saturated rings. The summed E-state index contributed by atoms with van der Waals surface area (Å²) in [6.45, 7) is 9.72. The van der Waals surface area contributed by atoms with Gasteiger partial charge in [-0.15, -0.1) is 0 Å². The number of ether oxygens (including phenoxy) is 1. The highest BCUT2D eigenvalue weighted by Gasteiger charge is 2.17. The minimum absolute atomic E-state index is 0.00337. The molecule has 1 aromatic carbocycles. The molecule has 124 valence electrons. The molecule has 0 aromatic heterocycles. The van der Waals surface area contributed by atoms with E-state index in [2.05, 4.69) is 10.6 Å². The first kappa shape index (κ1) is 18.7. The molecule has 2 N–H and O–H groups in total. The predicted octanol–water partition coefficient (Wildman–Crippen LogP) is 4.04. The molecule has 0 saturated carbocycles. The van der Waals surface area contributed by atoms with Crippen molar-refractivity contribution in [1.29, 1.82) is 0 Å². The third-order valence-electron chi connectivity index (χ3n) is 2.91. The van der Waals surface area contributed by atoms with E-state index >= 15 is 0 Å². The fraction of sp³-hybridized carbons (Fsp3) is 0.562. The van der Waals surface area contributed by atoms with Crippen LogP contribution < -0.4 is 10.6 Å². The summed E-state index contributed by atoms with van der Waals surface area (Å²) in [7, 11) is 0. The minimum Gasteiger partial charge on any atom is -0.444 e. The molecule has 0 aliphatic carbocycles. The van der Waals surface area contributed by atoms with E-state index in [-0.39, 0.29) is 17.9 Å². The Balaban J connectivity index is 2.47. The van der Waals surface area contributed by atoms with E-state index in [0.29, 0.717) is 11.6 Å². The number of alkyl carbamates (subject to hydrolysis) is 1. The summed E-state index contributed by atoms with van der Waals surface area (Å²) in [6.07, 6.45) is -0.450. The fourth-order valence-electron chi connectivity index (χ4n) is 1.98. The molecule has 1 aromatic rings. The minimum atomic E-state index is -0.518. The molecule has 0 heterocycles. The van der Waals surface area contributed by atoms with E-state index in [9.17, 15) is 9.18 Å². The Kier molecular flexibility index (Phi) is 6.63. The van der Waals surface area contributed by atoms with Crippen LogP contribution in [0.4, 0.5) is 9.18 Å². The Morgan fingerprint density at radius 1 is 1.36 bits per heavy atom.